The molecule has 1 amide bonds. The SMILES string of the molecule is CC1C(NC(=O)c2cc3c(N(C(C)C)C(C)C)coc3cn2)C2CCN1CC2. The van der Waals surface area contributed by atoms with Gasteiger partial charge in [0, 0.05) is 29.6 Å². The molecule has 0 radical (unpaired) electrons. The van der Waals surface area contributed by atoms with E-state index in [-0.39, 0.29) is 11.9 Å². The van der Waals surface area contributed by atoms with E-state index in [2.05, 4.69) is 54.7 Å². The molecule has 6 nitrogen and oxygen atoms in total. The van der Waals surface area contributed by atoms with E-state index in [4.69, 9.17) is 4.42 Å². The molecule has 3 saturated heterocycles. The maximum absolute atomic E-state index is 13.0. The summed E-state index contributed by atoms with van der Waals surface area (Å²) in [5, 5.41) is 4.23. The van der Waals surface area contributed by atoms with Crippen LogP contribution in [0, 0.1) is 5.92 Å². The summed E-state index contributed by atoms with van der Waals surface area (Å²) >= 11 is 0. The maximum Gasteiger partial charge on any atom is 0.270 e. The van der Waals surface area contributed by atoms with Gasteiger partial charge in [-0.05, 0) is 72.5 Å². The molecule has 5 heterocycles. The molecule has 28 heavy (non-hydrogen) atoms. The molecule has 152 valence electrons. The van der Waals surface area contributed by atoms with Crippen molar-refractivity contribution in [2.45, 2.75) is 71.6 Å². The van der Waals surface area contributed by atoms with E-state index < -0.39 is 0 Å². The van der Waals surface area contributed by atoms with Crippen molar-refractivity contribution in [3.8, 4) is 0 Å². The Balaban J connectivity index is 1.60. The highest BCUT2D eigenvalue weighted by Crippen LogP contribution is 2.33. The second kappa shape index (κ2) is 7.39. The highest BCUT2D eigenvalue weighted by molar-refractivity contribution is 5.99. The van der Waals surface area contributed by atoms with Crippen LogP contribution in [0.1, 0.15) is 57.9 Å². The highest BCUT2D eigenvalue weighted by atomic mass is 16.3. The summed E-state index contributed by atoms with van der Waals surface area (Å²) in [5.41, 5.74) is 2.20. The molecular weight excluding hydrogens is 352 g/mol. The summed E-state index contributed by atoms with van der Waals surface area (Å²) < 4.78 is 5.73. The van der Waals surface area contributed by atoms with Gasteiger partial charge in [0.2, 0.25) is 0 Å². The van der Waals surface area contributed by atoms with E-state index >= 15 is 0 Å². The molecule has 2 bridgehead atoms. The number of aromatic nitrogens is 1. The van der Waals surface area contributed by atoms with Crippen LogP contribution in [-0.4, -0.2) is 53.0 Å². The van der Waals surface area contributed by atoms with E-state index in [1.54, 1.807) is 12.5 Å². The summed E-state index contributed by atoms with van der Waals surface area (Å²) in [6.45, 7) is 13.2. The van der Waals surface area contributed by atoms with Gasteiger partial charge in [-0.25, -0.2) is 4.98 Å². The normalized spacial score (nSPS) is 27.0. The number of pyridine rings is 1. The van der Waals surface area contributed by atoms with Crippen molar-refractivity contribution < 1.29 is 9.21 Å². The van der Waals surface area contributed by atoms with E-state index in [1.165, 1.54) is 12.8 Å². The van der Waals surface area contributed by atoms with Crippen LogP contribution in [0.3, 0.4) is 0 Å². The number of nitrogens with one attached hydrogen (secondary N) is 1. The largest absolute Gasteiger partial charge is 0.460 e. The van der Waals surface area contributed by atoms with Crippen molar-refractivity contribution in [3.05, 3.63) is 24.2 Å². The standard InChI is InChI=1S/C22H32N4O2/c1-13(2)26(14(3)4)19-12-28-20-11-23-18(10-17(19)20)22(27)24-21-15(5)25-8-6-16(21)7-9-25/h10-16,21H,6-9H2,1-5H3,(H,24,27). The molecule has 5 rings (SSSR count). The Morgan fingerprint density at radius 3 is 2.54 bits per heavy atom. The third kappa shape index (κ3) is 3.28. The number of hydrogen-bond acceptors (Lipinski definition) is 5. The lowest BCUT2D eigenvalue weighted by Gasteiger charge is -2.49. The van der Waals surface area contributed by atoms with Crippen molar-refractivity contribution in [2.75, 3.05) is 18.0 Å². The van der Waals surface area contributed by atoms with Crippen LogP contribution in [0.25, 0.3) is 11.0 Å². The third-order valence-corrected chi connectivity index (χ3v) is 6.54. The number of fused-ring (bicyclic) bond motifs is 4. The lowest BCUT2D eigenvalue weighted by molar-refractivity contribution is 0.0216. The molecule has 3 aliphatic rings. The molecule has 0 spiro atoms. The van der Waals surface area contributed by atoms with Gasteiger partial charge in [0.25, 0.3) is 5.91 Å². The van der Waals surface area contributed by atoms with Crippen LogP contribution >= 0.6 is 0 Å². The minimum absolute atomic E-state index is 0.0831. The Labute approximate surface area is 167 Å². The molecule has 0 aromatic carbocycles. The first-order valence-corrected chi connectivity index (χ1v) is 10.6. The third-order valence-electron chi connectivity index (χ3n) is 6.54. The Hall–Kier alpha value is -2.08. The van der Waals surface area contributed by atoms with Gasteiger partial charge >= 0.3 is 0 Å². The van der Waals surface area contributed by atoms with Crippen LogP contribution in [0.4, 0.5) is 5.69 Å². The van der Waals surface area contributed by atoms with Crippen LogP contribution in [0.15, 0.2) is 22.9 Å². The van der Waals surface area contributed by atoms with Crippen LogP contribution in [0.2, 0.25) is 0 Å². The van der Waals surface area contributed by atoms with Crippen LogP contribution < -0.4 is 10.2 Å². The quantitative estimate of drug-likeness (QED) is 0.852. The summed E-state index contributed by atoms with van der Waals surface area (Å²) in [6, 6.07) is 3.15. The monoisotopic (exact) mass is 384 g/mol. The first-order valence-electron chi connectivity index (χ1n) is 10.6. The fourth-order valence-corrected chi connectivity index (χ4v) is 5.17. The number of anilines is 1. The van der Waals surface area contributed by atoms with Gasteiger partial charge in [-0.3, -0.25) is 9.69 Å². The van der Waals surface area contributed by atoms with E-state index in [9.17, 15) is 4.79 Å². The molecule has 2 aromatic heterocycles. The Morgan fingerprint density at radius 1 is 1.25 bits per heavy atom. The van der Waals surface area contributed by atoms with Crippen molar-refractivity contribution in [3.63, 3.8) is 0 Å². The number of amides is 1. The number of hydrogen-bond donors (Lipinski definition) is 1. The van der Waals surface area contributed by atoms with Gasteiger partial charge in [0.05, 0.1) is 11.9 Å². The fraction of sp³-hybridized carbons (Fsp3) is 0.636. The lowest BCUT2D eigenvalue weighted by atomic mass is 9.79. The fourth-order valence-electron chi connectivity index (χ4n) is 5.17. The molecule has 0 saturated carbocycles. The zero-order valence-corrected chi connectivity index (χ0v) is 17.6. The molecule has 3 fully saturated rings. The first kappa shape index (κ1) is 19.2. The molecule has 3 aliphatic heterocycles. The average molecular weight is 385 g/mol. The molecule has 1 N–H and O–H groups in total. The molecule has 2 atom stereocenters. The van der Waals surface area contributed by atoms with Crippen molar-refractivity contribution in [1.82, 2.24) is 15.2 Å². The van der Waals surface area contributed by atoms with E-state index in [1.807, 2.05) is 6.07 Å². The van der Waals surface area contributed by atoms with Crippen LogP contribution in [-0.2, 0) is 0 Å². The Kier molecular flexibility index (Phi) is 5.08. The van der Waals surface area contributed by atoms with Gasteiger partial charge in [-0.2, -0.15) is 0 Å². The smallest absolute Gasteiger partial charge is 0.270 e. The minimum atomic E-state index is -0.0831. The van der Waals surface area contributed by atoms with Gasteiger partial charge in [0.1, 0.15) is 12.0 Å². The topological polar surface area (TPSA) is 61.6 Å². The first-order chi connectivity index (χ1) is 13.4. The maximum atomic E-state index is 13.0. The number of rotatable bonds is 5. The Bertz CT molecular complexity index is 841. The van der Waals surface area contributed by atoms with Crippen molar-refractivity contribution >= 4 is 22.6 Å². The predicted octanol–water partition coefficient (Wildman–Crippen LogP) is 3.66. The van der Waals surface area contributed by atoms with Crippen molar-refractivity contribution in [1.29, 1.82) is 0 Å². The summed E-state index contributed by atoms with van der Waals surface area (Å²) in [6.07, 6.45) is 5.80. The zero-order valence-electron chi connectivity index (χ0n) is 17.6. The average Bonchev–Trinajstić information content (AvgIpc) is 3.07. The minimum Gasteiger partial charge on any atom is -0.460 e. The molecule has 6 heteroatoms. The van der Waals surface area contributed by atoms with Gasteiger partial charge in [-0.1, -0.05) is 0 Å². The highest BCUT2D eigenvalue weighted by Gasteiger charge is 2.40. The van der Waals surface area contributed by atoms with Gasteiger partial charge in [-0.15, -0.1) is 0 Å². The van der Waals surface area contributed by atoms with Gasteiger partial charge in [0.15, 0.2) is 5.58 Å². The number of nitrogens with zero attached hydrogens (tertiary/aromatic N) is 3. The lowest BCUT2D eigenvalue weighted by Crippen LogP contribution is -2.62. The molecule has 2 aromatic rings. The van der Waals surface area contributed by atoms with E-state index in [0.29, 0.717) is 35.3 Å². The molecule has 2 unspecified atom stereocenters. The number of piperidine rings is 3. The summed E-state index contributed by atoms with van der Waals surface area (Å²) in [5.74, 6) is 0.495. The van der Waals surface area contributed by atoms with Crippen molar-refractivity contribution in [2.24, 2.45) is 5.92 Å². The molecule has 0 aliphatic carbocycles. The van der Waals surface area contributed by atoms with Crippen LogP contribution in [0.5, 0.6) is 0 Å². The second-order valence-electron chi connectivity index (χ2n) is 8.89. The number of carbonyl (C=O) groups is 1. The summed E-state index contributed by atoms with van der Waals surface area (Å²) in [4.78, 5) is 22.2. The molecular formula is C22H32N4O2. The van der Waals surface area contributed by atoms with E-state index in [0.717, 1.165) is 24.2 Å². The second-order valence-corrected chi connectivity index (χ2v) is 8.89. The number of furan rings is 1. The summed E-state index contributed by atoms with van der Waals surface area (Å²) in [7, 11) is 0. The Morgan fingerprint density at radius 2 is 1.93 bits per heavy atom. The predicted molar refractivity (Wildman–Crippen MR) is 112 cm³/mol. The zero-order chi connectivity index (χ0) is 20.0. The van der Waals surface area contributed by atoms with Gasteiger partial charge < -0.3 is 14.6 Å². The number of carbonyl (C=O) groups excluding carboxylic acids is 1.